The van der Waals surface area contributed by atoms with E-state index in [1.807, 2.05) is 6.07 Å². The van der Waals surface area contributed by atoms with Gasteiger partial charge in [-0.05, 0) is 18.1 Å². The minimum atomic E-state index is -0.161. The minimum Gasteiger partial charge on any atom is -0.324 e. The van der Waals surface area contributed by atoms with Crippen molar-refractivity contribution >= 4 is 11.3 Å². The van der Waals surface area contributed by atoms with Gasteiger partial charge < -0.3 is 5.73 Å². The van der Waals surface area contributed by atoms with Gasteiger partial charge in [0.25, 0.3) is 0 Å². The van der Waals surface area contributed by atoms with Crippen LogP contribution in [0.1, 0.15) is 15.6 Å². The Balaban J connectivity index is 1.99. The van der Waals surface area contributed by atoms with Crippen LogP contribution in [0.3, 0.4) is 0 Å². The van der Waals surface area contributed by atoms with Crippen LogP contribution in [0.25, 0.3) is 0 Å². The first-order valence-corrected chi connectivity index (χ1v) is 5.86. The van der Waals surface area contributed by atoms with E-state index in [4.69, 9.17) is 5.73 Å². The monoisotopic (exact) mass is 237 g/mol. The number of halogens is 1. The Bertz CT molecular complexity index is 470. The van der Waals surface area contributed by atoms with Gasteiger partial charge in [0.1, 0.15) is 15.8 Å². The molecule has 84 valence electrons. The molecule has 2 aromatic rings. The Kier molecular flexibility index (Phi) is 3.58. The Morgan fingerprint density at radius 3 is 2.56 bits per heavy atom. The van der Waals surface area contributed by atoms with Gasteiger partial charge >= 0.3 is 0 Å². The van der Waals surface area contributed by atoms with E-state index in [9.17, 15) is 4.39 Å². The highest BCUT2D eigenvalue weighted by atomic mass is 32.1. The van der Waals surface area contributed by atoms with Gasteiger partial charge in [-0.2, -0.15) is 0 Å². The molecule has 16 heavy (non-hydrogen) atoms. The van der Waals surface area contributed by atoms with Crippen LogP contribution in [0, 0.1) is 5.82 Å². The van der Waals surface area contributed by atoms with Gasteiger partial charge in [0.15, 0.2) is 0 Å². The molecule has 0 aliphatic heterocycles. The van der Waals surface area contributed by atoms with Crippen LogP contribution in [0.5, 0.6) is 0 Å². The summed E-state index contributed by atoms with van der Waals surface area (Å²) in [6.45, 7) is 0.414. The molecule has 0 saturated carbocycles. The highest BCUT2D eigenvalue weighted by molar-refractivity contribution is 7.11. The van der Waals surface area contributed by atoms with Crippen molar-refractivity contribution in [3.8, 4) is 0 Å². The second-order valence-electron chi connectivity index (χ2n) is 3.39. The first-order valence-electron chi connectivity index (χ1n) is 5.04. The molecule has 2 N–H and O–H groups in total. The third kappa shape index (κ3) is 2.62. The maximum atomic E-state index is 13.3. The number of nitrogens with two attached hydrogens (primary N) is 1. The maximum absolute atomic E-state index is 13.3. The number of hydrogen-bond acceptors (Lipinski definition) is 4. The van der Waals surface area contributed by atoms with E-state index in [1.54, 1.807) is 12.1 Å². The lowest BCUT2D eigenvalue weighted by Crippen LogP contribution is -1.94. The Labute approximate surface area is 97.1 Å². The zero-order valence-corrected chi connectivity index (χ0v) is 9.51. The smallest absolute Gasteiger partial charge is 0.131 e. The summed E-state index contributed by atoms with van der Waals surface area (Å²) in [6, 6.07) is 6.79. The fourth-order valence-electron chi connectivity index (χ4n) is 1.41. The predicted octanol–water partition coefficient (Wildman–Crippen LogP) is 1.92. The molecule has 1 aromatic heterocycles. The van der Waals surface area contributed by atoms with Crippen molar-refractivity contribution in [2.75, 3.05) is 0 Å². The van der Waals surface area contributed by atoms with E-state index in [2.05, 4.69) is 10.2 Å². The molecule has 1 heterocycles. The second-order valence-corrected chi connectivity index (χ2v) is 4.53. The molecule has 0 amide bonds. The summed E-state index contributed by atoms with van der Waals surface area (Å²) < 4.78 is 13.3. The average Bonchev–Trinajstić information content (AvgIpc) is 2.76. The number of aryl methyl sites for hydroxylation is 2. The number of aromatic nitrogens is 2. The van der Waals surface area contributed by atoms with Gasteiger partial charge in [-0.25, -0.2) is 4.39 Å². The van der Waals surface area contributed by atoms with Crippen molar-refractivity contribution < 1.29 is 4.39 Å². The summed E-state index contributed by atoms with van der Waals surface area (Å²) in [5, 5.41) is 9.65. The molecule has 0 spiro atoms. The van der Waals surface area contributed by atoms with E-state index < -0.39 is 0 Å². The van der Waals surface area contributed by atoms with E-state index >= 15 is 0 Å². The lowest BCUT2D eigenvalue weighted by Gasteiger charge is -1.99. The molecule has 0 aliphatic carbocycles. The largest absolute Gasteiger partial charge is 0.324 e. The number of hydrogen-bond donors (Lipinski definition) is 1. The van der Waals surface area contributed by atoms with Gasteiger partial charge in [0.05, 0.1) is 0 Å². The summed E-state index contributed by atoms with van der Waals surface area (Å²) >= 11 is 1.49. The quantitative estimate of drug-likeness (QED) is 0.884. The summed E-state index contributed by atoms with van der Waals surface area (Å²) in [5.41, 5.74) is 6.16. The lowest BCUT2D eigenvalue weighted by atomic mass is 10.1. The summed E-state index contributed by atoms with van der Waals surface area (Å²) in [6.07, 6.45) is 1.35. The van der Waals surface area contributed by atoms with Gasteiger partial charge in [0.2, 0.25) is 0 Å². The molecule has 0 saturated heterocycles. The summed E-state index contributed by atoms with van der Waals surface area (Å²) in [5.74, 6) is -0.161. The van der Waals surface area contributed by atoms with Crippen molar-refractivity contribution in [1.29, 1.82) is 0 Å². The number of nitrogens with zero attached hydrogens (tertiary/aromatic N) is 2. The predicted molar refractivity (Wildman–Crippen MR) is 61.6 cm³/mol. The Morgan fingerprint density at radius 1 is 1.12 bits per heavy atom. The van der Waals surface area contributed by atoms with Gasteiger partial charge in [-0.15, -0.1) is 21.5 Å². The Hall–Kier alpha value is -1.33. The SMILES string of the molecule is NCc1nnc(CCc2ccccc2F)s1. The van der Waals surface area contributed by atoms with Crippen LogP contribution >= 0.6 is 11.3 Å². The van der Waals surface area contributed by atoms with Crippen LogP contribution in [0.2, 0.25) is 0 Å². The van der Waals surface area contributed by atoms with Crippen molar-refractivity contribution in [3.63, 3.8) is 0 Å². The molecule has 0 bridgehead atoms. The van der Waals surface area contributed by atoms with E-state index in [0.717, 1.165) is 10.0 Å². The van der Waals surface area contributed by atoms with E-state index in [1.165, 1.54) is 17.4 Å². The highest BCUT2D eigenvalue weighted by Crippen LogP contribution is 2.14. The van der Waals surface area contributed by atoms with Crippen LogP contribution in [0.15, 0.2) is 24.3 Å². The zero-order valence-electron chi connectivity index (χ0n) is 8.69. The molecule has 3 nitrogen and oxygen atoms in total. The van der Waals surface area contributed by atoms with Crippen LogP contribution < -0.4 is 5.73 Å². The van der Waals surface area contributed by atoms with Crippen molar-refractivity contribution in [2.45, 2.75) is 19.4 Å². The molecular weight excluding hydrogens is 225 g/mol. The standard InChI is InChI=1S/C11H12FN3S/c12-9-4-2-1-3-8(9)5-6-10-14-15-11(7-13)16-10/h1-4H,5-7,13H2. The summed E-state index contributed by atoms with van der Waals surface area (Å²) in [4.78, 5) is 0. The topological polar surface area (TPSA) is 51.8 Å². The first kappa shape index (κ1) is 11.2. The fourth-order valence-corrected chi connectivity index (χ4v) is 2.14. The molecule has 1 aromatic carbocycles. The van der Waals surface area contributed by atoms with Gasteiger partial charge in [-0.3, -0.25) is 0 Å². The van der Waals surface area contributed by atoms with Crippen LogP contribution in [0.4, 0.5) is 4.39 Å². The van der Waals surface area contributed by atoms with E-state index in [-0.39, 0.29) is 5.82 Å². The van der Waals surface area contributed by atoms with Crippen molar-refractivity contribution in [1.82, 2.24) is 10.2 Å². The van der Waals surface area contributed by atoms with Crippen molar-refractivity contribution in [3.05, 3.63) is 45.7 Å². The normalized spacial score (nSPS) is 10.6. The fraction of sp³-hybridized carbons (Fsp3) is 0.273. The number of rotatable bonds is 4. The molecule has 5 heteroatoms. The van der Waals surface area contributed by atoms with E-state index in [0.29, 0.717) is 24.9 Å². The third-order valence-electron chi connectivity index (χ3n) is 2.25. The van der Waals surface area contributed by atoms with Crippen LogP contribution in [-0.4, -0.2) is 10.2 Å². The molecule has 0 fully saturated rings. The second kappa shape index (κ2) is 5.14. The molecule has 0 radical (unpaired) electrons. The van der Waals surface area contributed by atoms with Crippen LogP contribution in [-0.2, 0) is 19.4 Å². The van der Waals surface area contributed by atoms with Crippen molar-refractivity contribution in [2.24, 2.45) is 5.73 Å². The molecule has 0 atom stereocenters. The maximum Gasteiger partial charge on any atom is 0.131 e. The summed E-state index contributed by atoms with van der Waals surface area (Å²) in [7, 11) is 0. The average molecular weight is 237 g/mol. The number of benzene rings is 1. The minimum absolute atomic E-state index is 0.161. The Morgan fingerprint density at radius 2 is 1.88 bits per heavy atom. The first-order chi connectivity index (χ1) is 7.79. The highest BCUT2D eigenvalue weighted by Gasteiger charge is 2.05. The van der Waals surface area contributed by atoms with Gasteiger partial charge in [0, 0.05) is 13.0 Å². The molecule has 0 unspecified atom stereocenters. The zero-order chi connectivity index (χ0) is 11.4. The lowest BCUT2D eigenvalue weighted by molar-refractivity contribution is 0.608. The van der Waals surface area contributed by atoms with Gasteiger partial charge in [-0.1, -0.05) is 18.2 Å². The molecule has 0 aliphatic rings. The third-order valence-corrected chi connectivity index (χ3v) is 3.25. The molecule has 2 rings (SSSR count). The molecular formula is C11H12FN3S.